The number of aliphatic hydroxyl groups excluding tert-OH is 1. The van der Waals surface area contributed by atoms with E-state index in [1.165, 1.54) is 28.6 Å². The van der Waals surface area contributed by atoms with Crippen LogP contribution in [0.4, 0.5) is 0 Å². The van der Waals surface area contributed by atoms with E-state index in [-0.39, 0.29) is 11.5 Å². The second kappa shape index (κ2) is 6.54. The zero-order valence-corrected chi connectivity index (χ0v) is 15.5. The van der Waals surface area contributed by atoms with E-state index in [2.05, 4.69) is 4.98 Å². The molecule has 2 aromatic heterocycles. The van der Waals surface area contributed by atoms with Crippen molar-refractivity contribution in [3.63, 3.8) is 0 Å². The van der Waals surface area contributed by atoms with Crippen molar-refractivity contribution in [2.45, 2.75) is 30.8 Å². The van der Waals surface area contributed by atoms with Gasteiger partial charge in [0.15, 0.2) is 0 Å². The van der Waals surface area contributed by atoms with E-state index in [1.54, 1.807) is 12.1 Å². The van der Waals surface area contributed by atoms with Gasteiger partial charge in [0.1, 0.15) is 4.90 Å². The fraction of sp³-hybridized carbons (Fsp3) is 0.211. The molecule has 3 aromatic rings. The molecule has 134 valence electrons. The molecular formula is C19H17ClN2O3S. The summed E-state index contributed by atoms with van der Waals surface area (Å²) in [6.07, 6.45) is 6.77. The third-order valence-corrected chi connectivity index (χ3v) is 6.60. The minimum atomic E-state index is -3.83. The van der Waals surface area contributed by atoms with Gasteiger partial charge in [0.2, 0.25) is 0 Å². The summed E-state index contributed by atoms with van der Waals surface area (Å²) in [5.41, 5.74) is 3.98. The van der Waals surface area contributed by atoms with Crippen molar-refractivity contribution in [2.24, 2.45) is 0 Å². The van der Waals surface area contributed by atoms with E-state index in [1.807, 2.05) is 12.1 Å². The van der Waals surface area contributed by atoms with Crippen LogP contribution >= 0.6 is 11.6 Å². The predicted octanol–water partition coefficient (Wildman–Crippen LogP) is 3.42. The van der Waals surface area contributed by atoms with Crippen LogP contribution in [0.25, 0.3) is 11.3 Å². The van der Waals surface area contributed by atoms with Crippen LogP contribution in [0, 0.1) is 0 Å². The molecule has 1 aromatic carbocycles. The molecule has 0 saturated carbocycles. The molecule has 2 heterocycles. The average Bonchev–Trinajstić information content (AvgIpc) is 2.92. The van der Waals surface area contributed by atoms with E-state index in [0.717, 1.165) is 29.5 Å². The van der Waals surface area contributed by atoms with Gasteiger partial charge >= 0.3 is 0 Å². The fourth-order valence-electron chi connectivity index (χ4n) is 3.52. The number of benzene rings is 1. The van der Waals surface area contributed by atoms with Gasteiger partial charge in [-0.1, -0.05) is 17.7 Å². The van der Waals surface area contributed by atoms with Crippen LogP contribution in [-0.2, 0) is 29.5 Å². The second-order valence-corrected chi connectivity index (χ2v) is 8.54. The van der Waals surface area contributed by atoms with Crippen molar-refractivity contribution < 1.29 is 13.5 Å². The molecule has 4 rings (SSSR count). The Morgan fingerprint density at radius 1 is 1.23 bits per heavy atom. The molecule has 1 aliphatic rings. The molecule has 0 fully saturated rings. The van der Waals surface area contributed by atoms with Gasteiger partial charge in [-0.3, -0.25) is 4.98 Å². The predicted molar refractivity (Wildman–Crippen MR) is 99.6 cm³/mol. The molecule has 1 N–H and O–H groups in total. The fourth-order valence-corrected chi connectivity index (χ4v) is 5.11. The van der Waals surface area contributed by atoms with Gasteiger partial charge in [0.25, 0.3) is 10.0 Å². The van der Waals surface area contributed by atoms with Crippen LogP contribution < -0.4 is 0 Å². The van der Waals surface area contributed by atoms with Crippen LogP contribution in [0.1, 0.15) is 23.1 Å². The van der Waals surface area contributed by atoms with Gasteiger partial charge in [-0.25, -0.2) is 12.4 Å². The van der Waals surface area contributed by atoms with E-state index >= 15 is 0 Å². The van der Waals surface area contributed by atoms with Gasteiger partial charge in [-0.2, -0.15) is 0 Å². The summed E-state index contributed by atoms with van der Waals surface area (Å²) in [5.74, 6) is 0. The molecule has 0 spiro atoms. The van der Waals surface area contributed by atoms with Crippen molar-refractivity contribution in [3.05, 3.63) is 70.6 Å². The average molecular weight is 389 g/mol. The number of aromatic nitrogens is 2. The first-order valence-electron chi connectivity index (χ1n) is 8.30. The minimum Gasteiger partial charge on any atom is -0.392 e. The van der Waals surface area contributed by atoms with Gasteiger partial charge in [0, 0.05) is 34.7 Å². The maximum absolute atomic E-state index is 13.2. The molecule has 0 radical (unpaired) electrons. The van der Waals surface area contributed by atoms with Gasteiger partial charge in [0.05, 0.1) is 12.3 Å². The minimum absolute atomic E-state index is 0.113. The van der Waals surface area contributed by atoms with Crippen LogP contribution in [0.2, 0.25) is 5.02 Å². The summed E-state index contributed by atoms with van der Waals surface area (Å²) >= 11 is 6.14. The maximum atomic E-state index is 13.2. The number of halogens is 1. The molecule has 1 aliphatic carbocycles. The van der Waals surface area contributed by atoms with Crippen molar-refractivity contribution in [1.82, 2.24) is 8.96 Å². The van der Waals surface area contributed by atoms with E-state index < -0.39 is 10.0 Å². The standard InChI is InChI=1S/C19H17ClN2O3S/c20-15-6-7-18-13(9-15)3-1-5-17-14(12-23)11-22(19(17)18)26(24,25)16-4-2-8-21-10-16/h2,4,6-11,23H,1,3,5,12H2. The Morgan fingerprint density at radius 3 is 2.81 bits per heavy atom. The summed E-state index contributed by atoms with van der Waals surface area (Å²) in [5, 5.41) is 10.4. The van der Waals surface area contributed by atoms with Crippen molar-refractivity contribution in [1.29, 1.82) is 0 Å². The zero-order valence-electron chi connectivity index (χ0n) is 13.9. The quantitative estimate of drug-likeness (QED) is 0.746. The van der Waals surface area contributed by atoms with Crippen molar-refractivity contribution >= 4 is 21.6 Å². The SMILES string of the molecule is O=S(=O)(c1cccnc1)n1cc(CO)c2c1-c1ccc(Cl)cc1CCC2. The van der Waals surface area contributed by atoms with E-state index in [9.17, 15) is 13.5 Å². The monoisotopic (exact) mass is 388 g/mol. The number of pyridine rings is 1. The van der Waals surface area contributed by atoms with Crippen molar-refractivity contribution in [3.8, 4) is 11.3 Å². The highest BCUT2D eigenvalue weighted by molar-refractivity contribution is 7.90. The number of hydrogen-bond acceptors (Lipinski definition) is 4. The number of aryl methyl sites for hydroxylation is 1. The Bertz CT molecular complexity index is 1080. The molecule has 26 heavy (non-hydrogen) atoms. The summed E-state index contributed by atoms with van der Waals surface area (Å²) in [4.78, 5) is 4.04. The highest BCUT2D eigenvalue weighted by Crippen LogP contribution is 2.38. The number of rotatable bonds is 3. The lowest BCUT2D eigenvalue weighted by atomic mass is 10.0. The van der Waals surface area contributed by atoms with Crippen LogP contribution in [0.5, 0.6) is 0 Å². The Hall–Kier alpha value is -2.15. The second-order valence-electron chi connectivity index (χ2n) is 6.28. The third kappa shape index (κ3) is 2.74. The number of fused-ring (bicyclic) bond motifs is 3. The first-order chi connectivity index (χ1) is 12.5. The molecule has 7 heteroatoms. The number of hydrogen-bond donors (Lipinski definition) is 1. The maximum Gasteiger partial charge on any atom is 0.269 e. The number of aliphatic hydroxyl groups is 1. The Kier molecular flexibility index (Phi) is 4.34. The lowest BCUT2D eigenvalue weighted by molar-refractivity contribution is 0.281. The molecule has 0 atom stereocenters. The largest absolute Gasteiger partial charge is 0.392 e. The number of nitrogens with zero attached hydrogens (tertiary/aromatic N) is 2. The molecule has 0 saturated heterocycles. The van der Waals surface area contributed by atoms with E-state index in [4.69, 9.17) is 11.6 Å². The molecule has 0 aliphatic heterocycles. The third-order valence-electron chi connectivity index (χ3n) is 4.72. The normalized spacial score (nSPS) is 13.8. The van der Waals surface area contributed by atoms with E-state index in [0.29, 0.717) is 22.7 Å². The Morgan fingerprint density at radius 2 is 2.08 bits per heavy atom. The molecule has 5 nitrogen and oxygen atoms in total. The first-order valence-corrected chi connectivity index (χ1v) is 10.1. The lowest BCUT2D eigenvalue weighted by Gasteiger charge is -2.13. The highest BCUT2D eigenvalue weighted by Gasteiger charge is 2.28. The Balaban J connectivity index is 2.03. The first kappa shape index (κ1) is 17.3. The topological polar surface area (TPSA) is 72.2 Å². The molecular weight excluding hydrogens is 372 g/mol. The smallest absolute Gasteiger partial charge is 0.269 e. The van der Waals surface area contributed by atoms with Gasteiger partial charge < -0.3 is 5.11 Å². The van der Waals surface area contributed by atoms with Crippen LogP contribution in [0.3, 0.4) is 0 Å². The lowest BCUT2D eigenvalue weighted by Crippen LogP contribution is -2.14. The summed E-state index contributed by atoms with van der Waals surface area (Å²) in [6.45, 7) is -0.208. The van der Waals surface area contributed by atoms with Crippen LogP contribution in [-0.4, -0.2) is 22.5 Å². The van der Waals surface area contributed by atoms with Gasteiger partial charge in [-0.15, -0.1) is 0 Å². The van der Waals surface area contributed by atoms with Crippen LogP contribution in [0.15, 0.2) is 53.8 Å². The molecule has 0 unspecified atom stereocenters. The van der Waals surface area contributed by atoms with Crippen molar-refractivity contribution in [2.75, 3.05) is 0 Å². The molecule has 0 amide bonds. The Labute approximate surface area is 156 Å². The highest BCUT2D eigenvalue weighted by atomic mass is 35.5. The molecule has 0 bridgehead atoms. The summed E-state index contributed by atoms with van der Waals surface area (Å²) in [7, 11) is -3.83. The van der Waals surface area contributed by atoms with Gasteiger partial charge in [-0.05, 0) is 54.7 Å². The summed E-state index contributed by atoms with van der Waals surface area (Å²) in [6, 6.07) is 8.63. The zero-order chi connectivity index (χ0) is 18.3. The summed E-state index contributed by atoms with van der Waals surface area (Å²) < 4.78 is 27.8.